The molecule has 0 aromatic carbocycles. The van der Waals surface area contributed by atoms with Crippen molar-refractivity contribution in [1.82, 2.24) is 10.2 Å². The van der Waals surface area contributed by atoms with Gasteiger partial charge in [0, 0.05) is 12.6 Å². The van der Waals surface area contributed by atoms with Crippen LogP contribution in [0.3, 0.4) is 0 Å². The minimum atomic E-state index is -0.102. The van der Waals surface area contributed by atoms with Gasteiger partial charge in [0.05, 0.1) is 12.1 Å². The van der Waals surface area contributed by atoms with Crippen LogP contribution in [0, 0.1) is 5.92 Å². The lowest BCUT2D eigenvalue weighted by molar-refractivity contribution is 0.119. The Balaban J connectivity index is 1.83. The highest BCUT2D eigenvalue weighted by atomic mass is 16.3. The predicted octanol–water partition coefficient (Wildman–Crippen LogP) is 1.61. The van der Waals surface area contributed by atoms with Gasteiger partial charge in [0.15, 0.2) is 0 Å². The van der Waals surface area contributed by atoms with Gasteiger partial charge in [0.2, 0.25) is 0 Å². The Hall–Kier alpha value is -0.120. The SMILES string of the molecule is CC1CCCN(CC(C)(CO)NC2CC2)CC1. The second kappa shape index (κ2) is 5.68. The van der Waals surface area contributed by atoms with E-state index in [2.05, 4.69) is 24.1 Å². The smallest absolute Gasteiger partial charge is 0.0623 e. The van der Waals surface area contributed by atoms with E-state index < -0.39 is 0 Å². The molecule has 2 fully saturated rings. The number of likely N-dealkylation sites (tertiary alicyclic amines) is 1. The van der Waals surface area contributed by atoms with Crippen molar-refractivity contribution in [2.24, 2.45) is 5.92 Å². The lowest BCUT2D eigenvalue weighted by Crippen LogP contribution is -2.55. The van der Waals surface area contributed by atoms with Gasteiger partial charge >= 0.3 is 0 Å². The second-order valence-corrected chi connectivity index (χ2v) is 6.45. The largest absolute Gasteiger partial charge is 0.394 e. The average molecular weight is 240 g/mol. The number of hydrogen-bond donors (Lipinski definition) is 2. The van der Waals surface area contributed by atoms with Gasteiger partial charge in [-0.3, -0.25) is 0 Å². The summed E-state index contributed by atoms with van der Waals surface area (Å²) in [5.74, 6) is 0.872. The van der Waals surface area contributed by atoms with E-state index in [0.29, 0.717) is 6.04 Å². The molecule has 3 heteroatoms. The number of nitrogens with one attached hydrogen (secondary N) is 1. The zero-order chi connectivity index (χ0) is 12.3. The zero-order valence-corrected chi connectivity index (χ0v) is 11.4. The van der Waals surface area contributed by atoms with Gasteiger partial charge in [-0.05, 0) is 58.0 Å². The van der Waals surface area contributed by atoms with E-state index in [1.54, 1.807) is 0 Å². The highest BCUT2D eigenvalue weighted by Gasteiger charge is 2.33. The molecule has 17 heavy (non-hydrogen) atoms. The van der Waals surface area contributed by atoms with Gasteiger partial charge in [-0.2, -0.15) is 0 Å². The Morgan fingerprint density at radius 2 is 2.00 bits per heavy atom. The summed E-state index contributed by atoms with van der Waals surface area (Å²) in [4.78, 5) is 2.54. The average Bonchev–Trinajstić information content (AvgIpc) is 3.09. The molecule has 2 rings (SSSR count). The number of hydrogen-bond acceptors (Lipinski definition) is 3. The summed E-state index contributed by atoms with van der Waals surface area (Å²) in [5, 5.41) is 13.2. The topological polar surface area (TPSA) is 35.5 Å². The number of nitrogens with zero attached hydrogens (tertiary/aromatic N) is 1. The number of rotatable bonds is 5. The fraction of sp³-hybridized carbons (Fsp3) is 1.00. The Bertz CT molecular complexity index is 242. The summed E-state index contributed by atoms with van der Waals surface area (Å²) in [7, 11) is 0. The van der Waals surface area contributed by atoms with Crippen molar-refractivity contribution in [2.75, 3.05) is 26.2 Å². The van der Waals surface area contributed by atoms with E-state index in [-0.39, 0.29) is 12.1 Å². The second-order valence-electron chi connectivity index (χ2n) is 6.45. The van der Waals surface area contributed by atoms with Gasteiger partial charge in [-0.15, -0.1) is 0 Å². The van der Waals surface area contributed by atoms with E-state index in [1.165, 1.54) is 45.2 Å². The zero-order valence-electron chi connectivity index (χ0n) is 11.4. The van der Waals surface area contributed by atoms with Crippen LogP contribution in [0.2, 0.25) is 0 Å². The minimum absolute atomic E-state index is 0.102. The summed E-state index contributed by atoms with van der Waals surface area (Å²) in [6, 6.07) is 0.665. The van der Waals surface area contributed by atoms with Gasteiger partial charge in [0.25, 0.3) is 0 Å². The van der Waals surface area contributed by atoms with Crippen molar-refractivity contribution in [3.63, 3.8) is 0 Å². The van der Waals surface area contributed by atoms with Crippen LogP contribution in [0.5, 0.6) is 0 Å². The fourth-order valence-corrected chi connectivity index (χ4v) is 2.84. The first-order chi connectivity index (χ1) is 8.11. The maximum Gasteiger partial charge on any atom is 0.0623 e. The molecule has 0 bridgehead atoms. The maximum absolute atomic E-state index is 9.63. The molecule has 0 aromatic rings. The first-order valence-electron chi connectivity index (χ1n) is 7.22. The van der Waals surface area contributed by atoms with E-state index in [4.69, 9.17) is 0 Å². The molecule has 1 heterocycles. The van der Waals surface area contributed by atoms with Gasteiger partial charge in [0.1, 0.15) is 0 Å². The standard InChI is InChI=1S/C14H28N2O/c1-12-4-3-8-16(9-7-12)10-14(2,11-17)15-13-5-6-13/h12-13,15,17H,3-11H2,1-2H3. The highest BCUT2D eigenvalue weighted by molar-refractivity contribution is 4.94. The van der Waals surface area contributed by atoms with Crippen LogP contribution in [0.1, 0.15) is 46.0 Å². The van der Waals surface area contributed by atoms with Crippen LogP contribution < -0.4 is 5.32 Å². The minimum Gasteiger partial charge on any atom is -0.394 e. The summed E-state index contributed by atoms with van der Waals surface area (Å²) in [5.41, 5.74) is -0.102. The third kappa shape index (κ3) is 4.23. The summed E-state index contributed by atoms with van der Waals surface area (Å²) in [6.45, 7) is 8.16. The van der Waals surface area contributed by atoms with Gasteiger partial charge < -0.3 is 15.3 Å². The Labute approximate surface area is 106 Å². The molecule has 1 saturated heterocycles. The number of aliphatic hydroxyl groups is 1. The van der Waals surface area contributed by atoms with Crippen molar-refractivity contribution in [3.05, 3.63) is 0 Å². The predicted molar refractivity (Wildman–Crippen MR) is 71.1 cm³/mol. The third-order valence-corrected chi connectivity index (χ3v) is 4.16. The molecule has 1 saturated carbocycles. The molecule has 0 amide bonds. The normalized spacial score (nSPS) is 30.9. The molecule has 0 aromatic heterocycles. The molecule has 3 nitrogen and oxygen atoms in total. The van der Waals surface area contributed by atoms with Crippen LogP contribution in [-0.2, 0) is 0 Å². The molecular formula is C14H28N2O. The van der Waals surface area contributed by atoms with Gasteiger partial charge in [-0.1, -0.05) is 6.92 Å². The molecule has 100 valence electrons. The molecule has 0 spiro atoms. The summed E-state index contributed by atoms with van der Waals surface area (Å²) in [6.07, 6.45) is 6.55. The molecule has 1 aliphatic carbocycles. The highest BCUT2D eigenvalue weighted by Crippen LogP contribution is 2.24. The first-order valence-corrected chi connectivity index (χ1v) is 7.22. The van der Waals surface area contributed by atoms with Crippen LogP contribution >= 0.6 is 0 Å². The van der Waals surface area contributed by atoms with E-state index in [1.807, 2.05) is 0 Å². The van der Waals surface area contributed by atoms with Crippen LogP contribution in [0.15, 0.2) is 0 Å². The molecule has 1 aliphatic heterocycles. The molecule has 0 radical (unpaired) electrons. The van der Waals surface area contributed by atoms with Crippen LogP contribution in [0.25, 0.3) is 0 Å². The lowest BCUT2D eigenvalue weighted by Gasteiger charge is -2.35. The number of aliphatic hydroxyl groups excluding tert-OH is 1. The van der Waals surface area contributed by atoms with E-state index >= 15 is 0 Å². The Morgan fingerprint density at radius 1 is 1.24 bits per heavy atom. The maximum atomic E-state index is 9.63. The lowest BCUT2D eigenvalue weighted by atomic mass is 10.0. The Kier molecular flexibility index (Phi) is 4.45. The van der Waals surface area contributed by atoms with Crippen LogP contribution in [-0.4, -0.2) is 47.8 Å². The van der Waals surface area contributed by atoms with Crippen LogP contribution in [0.4, 0.5) is 0 Å². The monoisotopic (exact) mass is 240 g/mol. The van der Waals surface area contributed by atoms with E-state index in [0.717, 1.165) is 12.5 Å². The Morgan fingerprint density at radius 3 is 2.65 bits per heavy atom. The van der Waals surface area contributed by atoms with Crippen molar-refractivity contribution in [2.45, 2.75) is 57.5 Å². The van der Waals surface area contributed by atoms with Gasteiger partial charge in [-0.25, -0.2) is 0 Å². The molecule has 2 N–H and O–H groups in total. The molecule has 2 unspecified atom stereocenters. The summed E-state index contributed by atoms with van der Waals surface area (Å²) >= 11 is 0. The summed E-state index contributed by atoms with van der Waals surface area (Å²) < 4.78 is 0. The fourth-order valence-electron chi connectivity index (χ4n) is 2.84. The quantitative estimate of drug-likeness (QED) is 0.766. The van der Waals surface area contributed by atoms with Crippen molar-refractivity contribution < 1.29 is 5.11 Å². The first kappa shape index (κ1) is 13.3. The van der Waals surface area contributed by atoms with E-state index in [9.17, 15) is 5.11 Å². The molecular weight excluding hydrogens is 212 g/mol. The third-order valence-electron chi connectivity index (χ3n) is 4.16. The molecule has 2 aliphatic rings. The van der Waals surface area contributed by atoms with Crippen molar-refractivity contribution in [3.8, 4) is 0 Å². The van der Waals surface area contributed by atoms with Crippen molar-refractivity contribution in [1.29, 1.82) is 0 Å². The molecule has 2 atom stereocenters. The van der Waals surface area contributed by atoms with Crippen molar-refractivity contribution >= 4 is 0 Å².